The summed E-state index contributed by atoms with van der Waals surface area (Å²) in [5.41, 5.74) is 2.22. The lowest BCUT2D eigenvalue weighted by molar-refractivity contribution is -0.137. The van der Waals surface area contributed by atoms with Crippen molar-refractivity contribution in [2.45, 2.75) is 13.3 Å². The van der Waals surface area contributed by atoms with Crippen LogP contribution in [0, 0.1) is 6.92 Å². The van der Waals surface area contributed by atoms with Gasteiger partial charge in [0.2, 0.25) is 0 Å². The molecule has 8 heteroatoms. The fourth-order valence-electron chi connectivity index (χ4n) is 2.46. The van der Waals surface area contributed by atoms with Crippen molar-refractivity contribution in [3.63, 3.8) is 0 Å². The van der Waals surface area contributed by atoms with Crippen LogP contribution in [0.2, 0.25) is 0 Å². The summed E-state index contributed by atoms with van der Waals surface area (Å²) in [5, 5.41) is 21.3. The summed E-state index contributed by atoms with van der Waals surface area (Å²) in [5.74, 6) is -0.478. The van der Waals surface area contributed by atoms with Gasteiger partial charge in [-0.25, -0.2) is 4.99 Å². The maximum atomic E-state index is 12.2. The lowest BCUT2D eigenvalue weighted by Gasteiger charge is -2.05. The summed E-state index contributed by atoms with van der Waals surface area (Å²) < 4.78 is 5.41. The Morgan fingerprint density at radius 3 is 2.86 bits per heavy atom. The van der Waals surface area contributed by atoms with Crippen molar-refractivity contribution in [1.82, 2.24) is 5.32 Å². The van der Waals surface area contributed by atoms with E-state index >= 15 is 0 Å². The Morgan fingerprint density at radius 1 is 1.29 bits per heavy atom. The van der Waals surface area contributed by atoms with Crippen molar-refractivity contribution in [3.8, 4) is 11.5 Å². The second-order valence-electron chi connectivity index (χ2n) is 6.02. The maximum Gasteiger partial charge on any atom is 0.306 e. The quantitative estimate of drug-likeness (QED) is 0.643. The Kier molecular flexibility index (Phi) is 6.00. The van der Waals surface area contributed by atoms with Crippen molar-refractivity contribution in [3.05, 3.63) is 58.5 Å². The zero-order valence-electron chi connectivity index (χ0n) is 15.0. The number of nitrogens with zero attached hydrogens (tertiary/aromatic N) is 1. The normalized spacial score (nSPS) is 16.4. The third-order valence-corrected chi connectivity index (χ3v) is 4.70. The molecule has 1 heterocycles. The molecule has 0 bridgehead atoms. The minimum absolute atomic E-state index is 0.0768. The van der Waals surface area contributed by atoms with E-state index in [1.807, 2.05) is 13.0 Å². The highest BCUT2D eigenvalue weighted by Crippen LogP contribution is 2.30. The zero-order chi connectivity index (χ0) is 20.1. The Hall–Kier alpha value is -3.26. The largest absolute Gasteiger partial charge is 0.508 e. The molecule has 2 aromatic carbocycles. The Morgan fingerprint density at radius 2 is 2.11 bits per heavy atom. The van der Waals surface area contributed by atoms with Crippen LogP contribution in [-0.4, -0.2) is 33.9 Å². The molecular formula is C20H18N2O5S. The van der Waals surface area contributed by atoms with Crippen LogP contribution in [0.15, 0.2) is 52.4 Å². The van der Waals surface area contributed by atoms with Crippen LogP contribution in [0.1, 0.15) is 17.5 Å². The highest BCUT2D eigenvalue weighted by atomic mass is 32.2. The Balaban J connectivity index is 1.73. The molecule has 0 unspecified atom stereocenters. The average Bonchev–Trinajstić information content (AvgIpc) is 2.97. The highest BCUT2D eigenvalue weighted by Gasteiger charge is 2.24. The summed E-state index contributed by atoms with van der Waals surface area (Å²) in [6.07, 6.45) is 1.64. The number of benzene rings is 2. The number of hydrogen-bond donors (Lipinski definition) is 3. The van der Waals surface area contributed by atoms with Crippen LogP contribution in [0.3, 0.4) is 0 Å². The SMILES string of the molecule is Cc1cc(O)ccc1N=C1NC(=O)/C(=C\c2cccc(OCCC(=O)O)c2)S1. The molecule has 1 aliphatic heterocycles. The number of phenols is 1. The number of carbonyl (C=O) groups is 2. The molecule has 0 aromatic heterocycles. The second-order valence-corrected chi connectivity index (χ2v) is 7.05. The van der Waals surface area contributed by atoms with Crippen molar-refractivity contribution >= 4 is 40.6 Å². The van der Waals surface area contributed by atoms with Crippen LogP contribution >= 0.6 is 11.8 Å². The number of amidine groups is 1. The summed E-state index contributed by atoms with van der Waals surface area (Å²) in [4.78, 5) is 27.7. The van der Waals surface area contributed by atoms with Gasteiger partial charge in [-0.05, 0) is 66.2 Å². The fourth-order valence-corrected chi connectivity index (χ4v) is 3.29. The second kappa shape index (κ2) is 8.62. The monoisotopic (exact) mass is 398 g/mol. The van der Waals surface area contributed by atoms with E-state index in [1.165, 1.54) is 11.8 Å². The molecule has 7 nitrogen and oxygen atoms in total. The number of carboxylic acid groups (broad SMARTS) is 1. The number of nitrogens with one attached hydrogen (secondary N) is 1. The van der Waals surface area contributed by atoms with Crippen molar-refractivity contribution in [2.24, 2.45) is 4.99 Å². The standard InChI is InChI=1S/C20H18N2O5S/c1-12-9-14(23)5-6-16(12)21-20-22-19(26)17(28-20)11-13-3-2-4-15(10-13)27-8-7-18(24)25/h2-6,9-11,23H,7-8H2,1H3,(H,24,25)(H,21,22,26)/b17-11+. The number of aliphatic carboxylic acids is 1. The number of aryl methyl sites for hydroxylation is 1. The van der Waals surface area contributed by atoms with Crippen LogP contribution in [0.5, 0.6) is 11.5 Å². The van der Waals surface area contributed by atoms with Gasteiger partial charge in [0.1, 0.15) is 11.5 Å². The third kappa shape index (κ3) is 5.14. The van der Waals surface area contributed by atoms with Gasteiger partial charge in [0.15, 0.2) is 5.17 Å². The third-order valence-electron chi connectivity index (χ3n) is 3.79. The van der Waals surface area contributed by atoms with Gasteiger partial charge in [-0.2, -0.15) is 0 Å². The molecule has 1 amide bonds. The molecule has 1 fully saturated rings. The Labute approximate surface area is 165 Å². The molecule has 1 saturated heterocycles. The van der Waals surface area contributed by atoms with E-state index in [-0.39, 0.29) is 24.7 Å². The zero-order valence-corrected chi connectivity index (χ0v) is 15.8. The molecule has 0 radical (unpaired) electrons. The number of carbonyl (C=O) groups excluding carboxylic acids is 1. The number of phenolic OH excluding ortho intramolecular Hbond substituents is 1. The number of carboxylic acids is 1. The minimum atomic E-state index is -0.923. The van der Waals surface area contributed by atoms with Crippen molar-refractivity contribution in [2.75, 3.05) is 6.61 Å². The number of thioether (sulfide) groups is 1. The lowest BCUT2D eigenvalue weighted by atomic mass is 10.2. The Bertz CT molecular complexity index is 984. The summed E-state index contributed by atoms with van der Waals surface area (Å²) in [6.45, 7) is 1.90. The summed E-state index contributed by atoms with van der Waals surface area (Å²) in [6, 6.07) is 11.9. The summed E-state index contributed by atoms with van der Waals surface area (Å²) in [7, 11) is 0. The van der Waals surface area contributed by atoms with Crippen LogP contribution < -0.4 is 10.1 Å². The van der Waals surface area contributed by atoms with Gasteiger partial charge < -0.3 is 20.3 Å². The van der Waals surface area contributed by atoms with Gasteiger partial charge >= 0.3 is 5.97 Å². The van der Waals surface area contributed by atoms with E-state index in [2.05, 4.69) is 10.3 Å². The van der Waals surface area contributed by atoms with Gasteiger partial charge in [0, 0.05) is 0 Å². The molecule has 2 aromatic rings. The van der Waals surface area contributed by atoms with Gasteiger partial charge in [-0.1, -0.05) is 12.1 Å². The molecule has 0 saturated carbocycles. The molecule has 0 aliphatic carbocycles. The van der Waals surface area contributed by atoms with E-state index in [1.54, 1.807) is 42.5 Å². The number of hydrogen-bond acceptors (Lipinski definition) is 6. The first kappa shape index (κ1) is 19.5. The van der Waals surface area contributed by atoms with Crippen LogP contribution in [-0.2, 0) is 9.59 Å². The smallest absolute Gasteiger partial charge is 0.306 e. The molecule has 0 spiro atoms. The predicted molar refractivity (Wildman–Crippen MR) is 108 cm³/mol. The first-order chi connectivity index (χ1) is 13.4. The number of ether oxygens (including phenoxy) is 1. The predicted octanol–water partition coefficient (Wildman–Crippen LogP) is 3.45. The molecular weight excluding hydrogens is 380 g/mol. The van der Waals surface area contributed by atoms with Crippen LogP contribution in [0.25, 0.3) is 6.08 Å². The molecule has 3 N–H and O–H groups in total. The first-order valence-electron chi connectivity index (χ1n) is 8.44. The maximum absolute atomic E-state index is 12.2. The topological polar surface area (TPSA) is 108 Å². The van der Waals surface area contributed by atoms with Gasteiger partial charge in [-0.15, -0.1) is 0 Å². The van der Waals surface area contributed by atoms with Crippen molar-refractivity contribution in [1.29, 1.82) is 0 Å². The first-order valence-corrected chi connectivity index (χ1v) is 9.26. The van der Waals surface area contributed by atoms with Crippen molar-refractivity contribution < 1.29 is 24.5 Å². The summed E-state index contributed by atoms with van der Waals surface area (Å²) >= 11 is 1.22. The van der Waals surface area contributed by atoms with Crippen LogP contribution in [0.4, 0.5) is 5.69 Å². The number of aliphatic imine (C=N–C) groups is 1. The minimum Gasteiger partial charge on any atom is -0.508 e. The molecule has 1 aliphatic rings. The van der Waals surface area contributed by atoms with E-state index in [0.29, 0.717) is 21.5 Å². The van der Waals surface area contributed by atoms with Gasteiger partial charge in [0.05, 0.1) is 23.6 Å². The van der Waals surface area contributed by atoms with E-state index in [9.17, 15) is 14.7 Å². The molecule has 0 atom stereocenters. The lowest BCUT2D eigenvalue weighted by Crippen LogP contribution is -2.19. The average molecular weight is 398 g/mol. The molecule has 28 heavy (non-hydrogen) atoms. The number of amides is 1. The van der Waals surface area contributed by atoms with E-state index in [4.69, 9.17) is 9.84 Å². The highest BCUT2D eigenvalue weighted by molar-refractivity contribution is 8.18. The molecule has 144 valence electrons. The number of aromatic hydroxyl groups is 1. The van der Waals surface area contributed by atoms with E-state index in [0.717, 1.165) is 11.1 Å². The fraction of sp³-hybridized carbons (Fsp3) is 0.150. The van der Waals surface area contributed by atoms with E-state index < -0.39 is 5.97 Å². The number of rotatable bonds is 6. The van der Waals surface area contributed by atoms with Gasteiger partial charge in [0.25, 0.3) is 5.91 Å². The van der Waals surface area contributed by atoms with Gasteiger partial charge in [-0.3, -0.25) is 9.59 Å². The molecule has 3 rings (SSSR count).